The standard InChI is InChI=1S/C72H106S2Si2/c1-11-15-19-23-27-29-33-37-43-55(41-35-31-25-21-17-13-3)53-61-63(49-51-75(5,6)7)73-71-67(61)57-45-39-47-59-65(57)69(71)60-48-40-46-58-66(60)70(59)72-68(58)62(64(74-72)50-52-76(8,9)10)54-56(42-36-32-26-22-18-14-4)44-38-34-30-28-24-20-16-12-2/h39-40,45-48,55-56H,11-38,41-44,53-54H2,1-10H3. The van der Waals surface area contributed by atoms with E-state index in [9.17, 15) is 0 Å². The van der Waals surface area contributed by atoms with Gasteiger partial charge in [0.25, 0.3) is 0 Å². The molecule has 0 aliphatic carbocycles. The third kappa shape index (κ3) is 16.6. The smallest absolute Gasteiger partial charge is 0.126 e. The van der Waals surface area contributed by atoms with E-state index < -0.39 is 16.1 Å². The van der Waals surface area contributed by atoms with Crippen LogP contribution in [-0.4, -0.2) is 16.1 Å². The molecule has 0 saturated heterocycles. The van der Waals surface area contributed by atoms with Crippen molar-refractivity contribution in [3.8, 4) is 22.9 Å². The average Bonchev–Trinajstić information content (AvgIpc) is 4.13. The predicted octanol–water partition coefficient (Wildman–Crippen LogP) is 24.9. The Kier molecular flexibility index (Phi) is 24.5. The number of fused-ring (bicyclic) bond motifs is 8. The van der Waals surface area contributed by atoms with Crippen LogP contribution in [0, 0.1) is 34.8 Å². The van der Waals surface area contributed by atoms with Crippen LogP contribution in [0.15, 0.2) is 36.4 Å². The molecule has 0 fully saturated rings. The average molecular weight is 1090 g/mol. The summed E-state index contributed by atoms with van der Waals surface area (Å²) in [5, 5.41) is 15.0. The molecule has 0 aliphatic rings. The Morgan fingerprint density at radius 1 is 0.342 bits per heavy atom. The van der Waals surface area contributed by atoms with Gasteiger partial charge in [-0.2, -0.15) is 0 Å². The number of benzene rings is 3. The summed E-state index contributed by atoms with van der Waals surface area (Å²) in [5.41, 5.74) is 11.0. The molecule has 0 nitrogen and oxygen atoms in total. The second-order valence-corrected chi connectivity index (χ2v) is 37.8. The van der Waals surface area contributed by atoms with E-state index in [1.54, 1.807) is 21.9 Å². The third-order valence-electron chi connectivity index (χ3n) is 17.1. The summed E-state index contributed by atoms with van der Waals surface area (Å²) in [6, 6.07) is 14.9. The second-order valence-electron chi connectivity index (χ2n) is 26.2. The van der Waals surface area contributed by atoms with Gasteiger partial charge in [-0.3, -0.25) is 0 Å². The molecular weight excluding hydrogens is 985 g/mol. The van der Waals surface area contributed by atoms with E-state index in [-0.39, 0.29) is 0 Å². The lowest BCUT2D eigenvalue weighted by molar-refractivity contribution is 0.401. The van der Waals surface area contributed by atoms with Crippen LogP contribution in [0.3, 0.4) is 0 Å². The predicted molar refractivity (Wildman–Crippen MR) is 355 cm³/mol. The molecule has 0 bridgehead atoms. The fraction of sp³-hybridized carbons (Fsp3) is 0.639. The minimum Gasteiger partial charge on any atom is -0.126 e. The van der Waals surface area contributed by atoms with Crippen LogP contribution in [0.2, 0.25) is 39.3 Å². The number of thiophene rings is 2. The van der Waals surface area contributed by atoms with Gasteiger partial charge >= 0.3 is 0 Å². The maximum Gasteiger partial charge on any atom is 0.129 e. The van der Waals surface area contributed by atoms with E-state index >= 15 is 0 Å². The lowest BCUT2D eigenvalue weighted by atomic mass is 9.87. The van der Waals surface area contributed by atoms with Gasteiger partial charge in [0, 0.05) is 30.9 Å². The van der Waals surface area contributed by atoms with E-state index in [1.807, 2.05) is 0 Å². The summed E-state index contributed by atoms with van der Waals surface area (Å²) in [4.78, 5) is 2.75. The Balaban J connectivity index is 1.33. The van der Waals surface area contributed by atoms with Crippen molar-refractivity contribution in [1.82, 2.24) is 0 Å². The molecule has 76 heavy (non-hydrogen) atoms. The van der Waals surface area contributed by atoms with Crippen molar-refractivity contribution in [2.75, 3.05) is 0 Å². The zero-order valence-electron chi connectivity index (χ0n) is 50.5. The molecule has 4 heteroatoms. The molecule has 0 saturated carbocycles. The number of rotatable bonds is 36. The molecule has 0 radical (unpaired) electrons. The molecule has 0 amide bonds. The van der Waals surface area contributed by atoms with E-state index in [2.05, 4.69) is 149 Å². The Bertz CT molecular complexity index is 2740. The highest BCUT2D eigenvalue weighted by Crippen LogP contribution is 2.55. The van der Waals surface area contributed by atoms with Crippen molar-refractivity contribution in [2.24, 2.45) is 11.8 Å². The number of unbranched alkanes of at least 4 members (excludes halogenated alkanes) is 24. The zero-order chi connectivity index (χ0) is 53.9. The fourth-order valence-corrected chi connectivity index (χ4v) is 16.7. The summed E-state index contributed by atoms with van der Waals surface area (Å²) in [6.07, 6.45) is 46.6. The topological polar surface area (TPSA) is 0 Å². The molecule has 2 aromatic heterocycles. The van der Waals surface area contributed by atoms with Gasteiger partial charge in [-0.25, -0.2) is 0 Å². The molecule has 7 rings (SSSR count). The van der Waals surface area contributed by atoms with E-state index in [1.165, 1.54) is 281 Å². The first-order chi connectivity index (χ1) is 36.9. The van der Waals surface area contributed by atoms with Crippen molar-refractivity contribution in [3.63, 3.8) is 0 Å². The number of hydrogen-bond donors (Lipinski definition) is 0. The molecule has 7 aromatic rings. The van der Waals surface area contributed by atoms with E-state index in [4.69, 9.17) is 0 Å². The van der Waals surface area contributed by atoms with Crippen LogP contribution in [-0.2, 0) is 12.8 Å². The molecule has 5 aromatic carbocycles. The fourth-order valence-electron chi connectivity index (χ4n) is 13.0. The molecule has 0 N–H and O–H groups in total. The van der Waals surface area contributed by atoms with Gasteiger partial charge in [-0.05, 0) is 68.1 Å². The van der Waals surface area contributed by atoms with Crippen molar-refractivity contribution >= 4 is 102 Å². The summed E-state index contributed by atoms with van der Waals surface area (Å²) >= 11 is 4.12. The third-order valence-corrected chi connectivity index (χ3v) is 21.2. The largest absolute Gasteiger partial charge is 0.129 e. The highest BCUT2D eigenvalue weighted by Gasteiger charge is 2.29. The van der Waals surface area contributed by atoms with Crippen molar-refractivity contribution in [3.05, 3.63) is 57.3 Å². The second kappa shape index (κ2) is 30.6. The minimum atomic E-state index is -1.61. The number of hydrogen-bond acceptors (Lipinski definition) is 2. The van der Waals surface area contributed by atoms with Crippen LogP contribution in [0.25, 0.3) is 63.3 Å². The lowest BCUT2D eigenvalue weighted by Gasteiger charge is -2.18. The first kappa shape index (κ1) is 60.8. The first-order valence-electron chi connectivity index (χ1n) is 32.3. The maximum atomic E-state index is 3.97. The van der Waals surface area contributed by atoms with Crippen LogP contribution < -0.4 is 0 Å². The zero-order valence-corrected chi connectivity index (χ0v) is 54.1. The Hall–Kier alpha value is -2.87. The molecule has 0 spiro atoms. The summed E-state index contributed by atoms with van der Waals surface area (Å²) in [7, 11) is -3.23. The Labute approximate surface area is 476 Å². The normalized spacial score (nSPS) is 13.3. The lowest BCUT2D eigenvalue weighted by Crippen LogP contribution is -2.16. The monoisotopic (exact) mass is 1090 g/mol. The van der Waals surface area contributed by atoms with Gasteiger partial charge < -0.3 is 0 Å². The van der Waals surface area contributed by atoms with Gasteiger partial charge in [-0.15, -0.1) is 33.8 Å². The van der Waals surface area contributed by atoms with Gasteiger partial charge in [0.2, 0.25) is 0 Å². The van der Waals surface area contributed by atoms with Crippen LogP contribution in [0.4, 0.5) is 0 Å². The van der Waals surface area contributed by atoms with Crippen LogP contribution in [0.5, 0.6) is 0 Å². The molecular formula is C72H106S2Si2. The molecule has 414 valence electrons. The van der Waals surface area contributed by atoms with Gasteiger partial charge in [0.05, 0.1) is 9.75 Å². The Morgan fingerprint density at radius 2 is 0.605 bits per heavy atom. The van der Waals surface area contributed by atoms with E-state index in [0.29, 0.717) is 11.8 Å². The minimum absolute atomic E-state index is 0.710. The van der Waals surface area contributed by atoms with Crippen LogP contribution in [0.1, 0.15) is 254 Å². The van der Waals surface area contributed by atoms with Crippen molar-refractivity contribution in [1.29, 1.82) is 0 Å². The van der Waals surface area contributed by atoms with Gasteiger partial charge in [0.15, 0.2) is 0 Å². The summed E-state index contributed by atoms with van der Waals surface area (Å²) in [5.74, 6) is 9.36. The molecule has 0 aliphatic heterocycles. The summed E-state index contributed by atoms with van der Waals surface area (Å²) < 4.78 is 3.02. The molecule has 2 heterocycles. The quantitative estimate of drug-likeness (QED) is 0.0159. The highest BCUT2D eigenvalue weighted by atomic mass is 32.1. The van der Waals surface area contributed by atoms with Gasteiger partial charge in [-0.1, -0.05) is 321 Å². The van der Waals surface area contributed by atoms with E-state index in [0.717, 1.165) is 0 Å². The van der Waals surface area contributed by atoms with Crippen molar-refractivity contribution in [2.45, 2.75) is 285 Å². The Morgan fingerprint density at radius 3 is 0.882 bits per heavy atom. The van der Waals surface area contributed by atoms with Crippen molar-refractivity contribution < 1.29 is 0 Å². The molecule has 2 unspecified atom stereocenters. The van der Waals surface area contributed by atoms with Crippen LogP contribution >= 0.6 is 22.7 Å². The molecule has 2 atom stereocenters. The maximum absolute atomic E-state index is 3.97. The van der Waals surface area contributed by atoms with Gasteiger partial charge in [0.1, 0.15) is 16.1 Å². The summed E-state index contributed by atoms with van der Waals surface area (Å²) in [6.45, 7) is 23.9. The first-order valence-corrected chi connectivity index (χ1v) is 40.9. The highest BCUT2D eigenvalue weighted by molar-refractivity contribution is 7.22. The SMILES string of the molecule is CCCCCCCCCCC(CCCCCCCC)Cc1c(C#C[Si](C)(C)C)sc2c1c1cccc3c1c2c1cccc2c4c(CC(CCCCCCCC)CCCCCCCCCC)c(C#C[Si](C)(C)C)sc4c3c21.